The van der Waals surface area contributed by atoms with E-state index in [1.54, 1.807) is 30.3 Å². The number of hydrogen-bond acceptors (Lipinski definition) is 8. The van der Waals surface area contributed by atoms with Crippen LogP contribution in [0.3, 0.4) is 0 Å². The number of hydrogen-bond donors (Lipinski definition) is 1. The molecule has 3 heterocycles. The number of aromatic nitrogens is 2. The van der Waals surface area contributed by atoms with Gasteiger partial charge in [0, 0.05) is 60.3 Å². The molecule has 0 atom stereocenters. The number of nitrogens with zero attached hydrogens (tertiary/aromatic N) is 4. The third kappa shape index (κ3) is 5.42. The molecule has 41 heavy (non-hydrogen) atoms. The minimum Gasteiger partial charge on any atom is -0.465 e. The third-order valence-corrected chi connectivity index (χ3v) is 7.17. The number of nitrogen functional groups attached to an aromatic ring is 1. The number of aryl methyl sites for hydroxylation is 1. The highest BCUT2D eigenvalue weighted by Gasteiger charge is 2.43. The maximum atomic E-state index is 13.4. The molecule has 0 radical (unpaired) electrons. The van der Waals surface area contributed by atoms with Crippen LogP contribution in [0.15, 0.2) is 54.7 Å². The van der Waals surface area contributed by atoms with Crippen molar-refractivity contribution in [3.8, 4) is 22.4 Å². The normalized spacial score (nSPS) is 14.3. The zero-order chi connectivity index (χ0) is 29.5. The summed E-state index contributed by atoms with van der Waals surface area (Å²) in [5, 5.41) is 0.268. The van der Waals surface area contributed by atoms with Crippen molar-refractivity contribution in [1.29, 1.82) is 0 Å². The molecule has 0 saturated carbocycles. The smallest absolute Gasteiger partial charge is 0.465 e. The van der Waals surface area contributed by atoms with Gasteiger partial charge in [0.1, 0.15) is 0 Å². The molecule has 0 bridgehead atoms. The highest BCUT2D eigenvalue weighted by molar-refractivity contribution is 6.06. The van der Waals surface area contributed by atoms with Gasteiger partial charge in [0.15, 0.2) is 5.65 Å². The lowest BCUT2D eigenvalue weighted by molar-refractivity contribution is -0.199. The molecule has 12 heteroatoms. The van der Waals surface area contributed by atoms with Crippen LogP contribution in [0.2, 0.25) is 0 Å². The summed E-state index contributed by atoms with van der Waals surface area (Å²) >= 11 is 0. The lowest BCUT2D eigenvalue weighted by Gasteiger charge is -2.34. The Morgan fingerprint density at radius 3 is 2.24 bits per heavy atom. The first kappa shape index (κ1) is 28.0. The van der Waals surface area contributed by atoms with Crippen LogP contribution >= 0.6 is 0 Å². The number of rotatable bonds is 5. The number of esters is 1. The molecule has 0 amide bonds. The van der Waals surface area contributed by atoms with E-state index >= 15 is 0 Å². The van der Waals surface area contributed by atoms with Crippen LogP contribution in [0.25, 0.3) is 33.4 Å². The summed E-state index contributed by atoms with van der Waals surface area (Å²) in [7, 11) is 3.26. The van der Waals surface area contributed by atoms with E-state index in [-0.39, 0.29) is 22.3 Å². The summed E-state index contributed by atoms with van der Waals surface area (Å²) in [6.45, 7) is 5.27. The van der Waals surface area contributed by atoms with Crippen LogP contribution in [0.1, 0.15) is 15.9 Å². The highest BCUT2D eigenvalue weighted by Crippen LogP contribution is 2.42. The second-order valence-corrected chi connectivity index (χ2v) is 9.89. The zero-order valence-electron chi connectivity index (χ0n) is 22.7. The van der Waals surface area contributed by atoms with Crippen molar-refractivity contribution in [3.05, 3.63) is 65.9 Å². The molecule has 2 N–H and O–H groups in total. The number of methoxy groups -OCH3 is 1. The molecule has 0 unspecified atom stereocenters. The van der Waals surface area contributed by atoms with Gasteiger partial charge >= 0.3 is 18.1 Å². The molecule has 1 aliphatic heterocycles. The van der Waals surface area contributed by atoms with Crippen molar-refractivity contribution in [3.63, 3.8) is 0 Å². The number of carbonyl (C=O) groups excluding carboxylic acids is 2. The SMILES string of the molecule is COC(=O)c1cnc2c(c1)c(-c1ccc(C)c(N)c1)c(-c1ccc(N3CCN(C)CC3)cc1)n2OC(=O)C(F)(F)F. The summed E-state index contributed by atoms with van der Waals surface area (Å²) in [6.07, 6.45) is -4.11. The standard InChI is InChI=1S/C29H28F3N5O4/c1-17-4-5-19(15-23(17)33)24-22-14-20(27(38)40-3)16-34-26(22)37(41-28(39)29(30,31)32)25(24)18-6-8-21(9-7-18)36-12-10-35(2)11-13-36/h4-9,14-16H,10-13,33H2,1-3H3. The Hall–Kier alpha value is -4.58. The Morgan fingerprint density at radius 1 is 0.976 bits per heavy atom. The van der Waals surface area contributed by atoms with Gasteiger partial charge in [-0.3, -0.25) is 0 Å². The molecule has 0 aliphatic carbocycles. The van der Waals surface area contributed by atoms with Crippen LogP contribution in [-0.2, 0) is 9.53 Å². The van der Waals surface area contributed by atoms with Gasteiger partial charge in [-0.15, -0.1) is 0 Å². The Morgan fingerprint density at radius 2 is 1.63 bits per heavy atom. The van der Waals surface area contributed by atoms with Crippen molar-refractivity contribution in [2.75, 3.05) is 51.0 Å². The largest absolute Gasteiger partial charge is 0.493 e. The number of pyridine rings is 1. The van der Waals surface area contributed by atoms with E-state index in [4.69, 9.17) is 15.3 Å². The number of benzene rings is 2. The fourth-order valence-corrected chi connectivity index (χ4v) is 4.84. The van der Waals surface area contributed by atoms with Crippen LogP contribution < -0.4 is 15.5 Å². The van der Waals surface area contributed by atoms with Gasteiger partial charge in [-0.25, -0.2) is 14.6 Å². The van der Waals surface area contributed by atoms with Crippen LogP contribution in [0.5, 0.6) is 0 Å². The maximum absolute atomic E-state index is 13.4. The molecular formula is C29H28F3N5O4. The van der Waals surface area contributed by atoms with Crippen molar-refractivity contribution < 1.29 is 32.3 Å². The first-order valence-electron chi connectivity index (χ1n) is 12.8. The highest BCUT2D eigenvalue weighted by atomic mass is 19.4. The zero-order valence-corrected chi connectivity index (χ0v) is 22.7. The number of anilines is 2. The molecular weight excluding hydrogens is 539 g/mol. The van der Waals surface area contributed by atoms with E-state index in [0.717, 1.165) is 48.4 Å². The molecule has 5 rings (SSSR count). The Kier molecular flexibility index (Phi) is 7.35. The van der Waals surface area contributed by atoms with Crippen LogP contribution in [0, 0.1) is 6.92 Å². The van der Waals surface area contributed by atoms with Crippen LogP contribution in [-0.4, -0.2) is 73.1 Å². The Labute approximate surface area is 233 Å². The second-order valence-electron chi connectivity index (χ2n) is 9.89. The summed E-state index contributed by atoms with van der Waals surface area (Å²) in [4.78, 5) is 38.1. The molecule has 2 aromatic carbocycles. The minimum atomic E-state index is -5.26. The number of fused-ring (bicyclic) bond motifs is 1. The number of nitrogens with two attached hydrogens (primary N) is 1. The number of halogens is 3. The van der Waals surface area contributed by atoms with E-state index in [9.17, 15) is 22.8 Å². The molecule has 4 aromatic rings. The molecule has 214 valence electrons. The van der Waals surface area contributed by atoms with Gasteiger partial charge in [-0.2, -0.15) is 17.9 Å². The van der Waals surface area contributed by atoms with Crippen LogP contribution in [0.4, 0.5) is 24.5 Å². The predicted octanol–water partition coefficient (Wildman–Crippen LogP) is 4.32. The first-order chi connectivity index (χ1) is 19.5. The Bertz CT molecular complexity index is 1620. The van der Waals surface area contributed by atoms with E-state index in [2.05, 4.69) is 21.8 Å². The topological polar surface area (TPSA) is 103 Å². The molecule has 1 fully saturated rings. The lowest BCUT2D eigenvalue weighted by atomic mass is 9.96. The van der Waals surface area contributed by atoms with Crippen molar-refractivity contribution in [2.45, 2.75) is 13.1 Å². The van der Waals surface area contributed by atoms with E-state index in [0.29, 0.717) is 22.4 Å². The van der Waals surface area contributed by atoms with Gasteiger partial charge < -0.3 is 25.1 Å². The van der Waals surface area contributed by atoms with Gasteiger partial charge in [0.25, 0.3) is 0 Å². The van der Waals surface area contributed by atoms with Gasteiger partial charge in [0.2, 0.25) is 0 Å². The fourth-order valence-electron chi connectivity index (χ4n) is 4.84. The average Bonchev–Trinajstić information content (AvgIpc) is 3.27. The summed E-state index contributed by atoms with van der Waals surface area (Å²) < 4.78 is 45.8. The molecule has 2 aromatic heterocycles. The molecule has 0 spiro atoms. The molecule has 9 nitrogen and oxygen atoms in total. The summed E-state index contributed by atoms with van der Waals surface area (Å²) in [6, 6.07) is 13.9. The number of piperazine rings is 1. The first-order valence-corrected chi connectivity index (χ1v) is 12.8. The van der Waals surface area contributed by atoms with E-state index in [1.807, 2.05) is 19.1 Å². The molecule has 1 saturated heterocycles. The predicted molar refractivity (Wildman–Crippen MR) is 148 cm³/mol. The van der Waals surface area contributed by atoms with Gasteiger partial charge in [-0.1, -0.05) is 24.3 Å². The van der Waals surface area contributed by atoms with Gasteiger partial charge in [0.05, 0.1) is 18.4 Å². The van der Waals surface area contributed by atoms with Crippen molar-refractivity contribution in [1.82, 2.24) is 14.6 Å². The number of carbonyl (C=O) groups is 2. The summed E-state index contributed by atoms with van der Waals surface area (Å²) in [5.41, 5.74) is 9.89. The lowest BCUT2D eigenvalue weighted by Crippen LogP contribution is -2.44. The Balaban J connectivity index is 1.76. The van der Waals surface area contributed by atoms with E-state index < -0.39 is 18.1 Å². The third-order valence-electron chi connectivity index (χ3n) is 7.17. The quantitative estimate of drug-likeness (QED) is 0.281. The monoisotopic (exact) mass is 567 g/mol. The number of ether oxygens (including phenoxy) is 1. The number of likely N-dealkylation sites (N-methyl/N-ethyl adjacent to an activating group) is 1. The summed E-state index contributed by atoms with van der Waals surface area (Å²) in [5.74, 6) is -3.11. The van der Waals surface area contributed by atoms with Crippen molar-refractivity contribution in [2.24, 2.45) is 0 Å². The number of alkyl halides is 3. The van der Waals surface area contributed by atoms with Gasteiger partial charge in [-0.05, 0) is 49.4 Å². The average molecular weight is 568 g/mol. The maximum Gasteiger partial charge on any atom is 0.493 e. The molecule has 1 aliphatic rings. The van der Waals surface area contributed by atoms with Crippen molar-refractivity contribution >= 4 is 34.3 Å². The second kappa shape index (κ2) is 10.8. The minimum absolute atomic E-state index is 0.0672. The van der Waals surface area contributed by atoms with E-state index in [1.165, 1.54) is 13.2 Å². The fraction of sp³-hybridized carbons (Fsp3) is 0.276.